The number of hydrogen-bond donors (Lipinski definition) is 1. The molecule has 0 saturated heterocycles. The van der Waals surface area contributed by atoms with Gasteiger partial charge < -0.3 is 5.73 Å². The number of aryl methyl sites for hydroxylation is 1. The smallest absolute Gasteiger partial charge is 0.254 e. The minimum absolute atomic E-state index is 0.0886. The molecule has 0 bridgehead atoms. The number of sulfonamides is 1. The molecular weight excluding hydrogens is 313 g/mol. The van der Waals surface area contributed by atoms with Crippen molar-refractivity contribution in [2.75, 3.05) is 12.8 Å². The fourth-order valence-corrected chi connectivity index (χ4v) is 4.80. The lowest BCUT2D eigenvalue weighted by Gasteiger charge is -2.24. The van der Waals surface area contributed by atoms with Crippen LogP contribution in [0.2, 0.25) is 0 Å². The molecule has 0 radical (unpaired) electrons. The van der Waals surface area contributed by atoms with Crippen LogP contribution < -0.4 is 5.73 Å². The third-order valence-corrected chi connectivity index (χ3v) is 6.79. The van der Waals surface area contributed by atoms with Crippen LogP contribution in [0.1, 0.15) is 24.2 Å². The van der Waals surface area contributed by atoms with Gasteiger partial charge in [-0.1, -0.05) is 29.5 Å². The second-order valence-electron chi connectivity index (χ2n) is 4.64. The Morgan fingerprint density at radius 1 is 1.38 bits per heavy atom. The van der Waals surface area contributed by atoms with Gasteiger partial charge in [-0.05, 0) is 19.9 Å². The molecule has 8 heteroatoms. The SMILES string of the molecule is Cc1nc(N)sc1S(=O)(=O)N(C)C(C)c1ccccc1F. The van der Waals surface area contributed by atoms with Crippen LogP contribution in [0, 0.1) is 12.7 Å². The minimum atomic E-state index is -3.77. The van der Waals surface area contributed by atoms with E-state index >= 15 is 0 Å². The average Bonchev–Trinajstić information content (AvgIpc) is 2.77. The number of nitrogens with zero attached hydrogens (tertiary/aromatic N) is 2. The molecule has 0 aliphatic carbocycles. The van der Waals surface area contributed by atoms with Crippen molar-refractivity contribution in [3.05, 3.63) is 41.3 Å². The van der Waals surface area contributed by atoms with Gasteiger partial charge in [0.15, 0.2) is 9.34 Å². The molecule has 2 aromatic rings. The van der Waals surface area contributed by atoms with Crippen LogP contribution >= 0.6 is 11.3 Å². The summed E-state index contributed by atoms with van der Waals surface area (Å²) in [6.07, 6.45) is 0. The largest absolute Gasteiger partial charge is 0.375 e. The van der Waals surface area contributed by atoms with Crippen molar-refractivity contribution in [2.45, 2.75) is 24.1 Å². The van der Waals surface area contributed by atoms with E-state index < -0.39 is 21.9 Å². The monoisotopic (exact) mass is 329 g/mol. The number of benzene rings is 1. The molecular formula is C13H16FN3O2S2. The second-order valence-corrected chi connectivity index (χ2v) is 7.87. The number of nitrogen functional groups attached to an aromatic ring is 1. The fraction of sp³-hybridized carbons (Fsp3) is 0.308. The summed E-state index contributed by atoms with van der Waals surface area (Å²) in [5.41, 5.74) is 6.22. The van der Waals surface area contributed by atoms with E-state index in [4.69, 9.17) is 5.73 Å². The van der Waals surface area contributed by atoms with Crippen LogP contribution in [-0.2, 0) is 10.0 Å². The Bertz CT molecular complexity index is 759. The predicted molar refractivity (Wildman–Crippen MR) is 81.0 cm³/mol. The molecule has 5 nitrogen and oxygen atoms in total. The number of hydrogen-bond acceptors (Lipinski definition) is 5. The van der Waals surface area contributed by atoms with Crippen LogP contribution in [0.25, 0.3) is 0 Å². The Morgan fingerprint density at radius 3 is 2.52 bits per heavy atom. The van der Waals surface area contributed by atoms with Gasteiger partial charge >= 0.3 is 0 Å². The number of aromatic nitrogens is 1. The van der Waals surface area contributed by atoms with E-state index in [1.54, 1.807) is 32.0 Å². The molecule has 0 amide bonds. The van der Waals surface area contributed by atoms with E-state index in [1.807, 2.05) is 0 Å². The molecule has 0 aliphatic heterocycles. The first-order chi connectivity index (χ1) is 9.75. The van der Waals surface area contributed by atoms with Gasteiger partial charge in [-0.15, -0.1) is 0 Å². The molecule has 0 fully saturated rings. The highest BCUT2D eigenvalue weighted by Gasteiger charge is 2.31. The molecule has 2 N–H and O–H groups in total. The highest BCUT2D eigenvalue weighted by Crippen LogP contribution is 2.32. The van der Waals surface area contributed by atoms with Crippen LogP contribution in [0.3, 0.4) is 0 Å². The van der Waals surface area contributed by atoms with E-state index in [0.29, 0.717) is 11.3 Å². The maximum absolute atomic E-state index is 13.8. The Balaban J connectivity index is 2.41. The normalized spacial score (nSPS) is 13.6. The molecule has 114 valence electrons. The van der Waals surface area contributed by atoms with Crippen molar-refractivity contribution in [2.24, 2.45) is 0 Å². The van der Waals surface area contributed by atoms with E-state index in [0.717, 1.165) is 15.6 Å². The molecule has 1 heterocycles. The average molecular weight is 329 g/mol. The van der Waals surface area contributed by atoms with Gasteiger partial charge in [0.1, 0.15) is 5.82 Å². The molecule has 2 rings (SSSR count). The van der Waals surface area contributed by atoms with Crippen LogP contribution in [0.5, 0.6) is 0 Å². The van der Waals surface area contributed by atoms with Crippen molar-refractivity contribution in [3.63, 3.8) is 0 Å². The van der Waals surface area contributed by atoms with E-state index in [1.165, 1.54) is 13.1 Å². The van der Waals surface area contributed by atoms with Gasteiger partial charge in [0.25, 0.3) is 10.0 Å². The summed E-state index contributed by atoms with van der Waals surface area (Å²) in [4.78, 5) is 3.93. The molecule has 0 spiro atoms. The topological polar surface area (TPSA) is 76.3 Å². The summed E-state index contributed by atoms with van der Waals surface area (Å²) in [7, 11) is -2.35. The Hall–Kier alpha value is -1.51. The number of anilines is 1. The highest BCUT2D eigenvalue weighted by molar-refractivity contribution is 7.91. The summed E-state index contributed by atoms with van der Waals surface area (Å²) in [6, 6.07) is 5.47. The first-order valence-corrected chi connectivity index (χ1v) is 8.46. The van der Waals surface area contributed by atoms with Gasteiger partial charge in [0.05, 0.1) is 5.69 Å². The van der Waals surface area contributed by atoms with Crippen molar-refractivity contribution in [3.8, 4) is 0 Å². The lowest BCUT2D eigenvalue weighted by atomic mass is 10.1. The molecule has 1 aromatic carbocycles. The summed E-state index contributed by atoms with van der Waals surface area (Å²) < 4.78 is 40.3. The molecule has 21 heavy (non-hydrogen) atoms. The Kier molecular flexibility index (Phi) is 4.31. The van der Waals surface area contributed by atoms with Crippen molar-refractivity contribution in [1.29, 1.82) is 0 Å². The fourth-order valence-electron chi connectivity index (χ4n) is 1.99. The van der Waals surface area contributed by atoms with Crippen LogP contribution in [-0.4, -0.2) is 24.8 Å². The second kappa shape index (κ2) is 5.70. The zero-order valence-electron chi connectivity index (χ0n) is 11.9. The Morgan fingerprint density at radius 2 is 2.00 bits per heavy atom. The first-order valence-electron chi connectivity index (χ1n) is 6.20. The zero-order valence-corrected chi connectivity index (χ0v) is 13.5. The summed E-state index contributed by atoms with van der Waals surface area (Å²) in [5, 5.41) is 0.193. The maximum Gasteiger partial charge on any atom is 0.254 e. The highest BCUT2D eigenvalue weighted by atomic mass is 32.2. The molecule has 1 atom stereocenters. The first kappa shape index (κ1) is 15.9. The van der Waals surface area contributed by atoms with Crippen molar-refractivity contribution >= 4 is 26.5 Å². The van der Waals surface area contributed by atoms with Gasteiger partial charge in [-0.2, -0.15) is 4.31 Å². The lowest BCUT2D eigenvalue weighted by molar-refractivity contribution is 0.388. The number of halogens is 1. The van der Waals surface area contributed by atoms with Crippen LogP contribution in [0.15, 0.2) is 28.5 Å². The van der Waals surface area contributed by atoms with Gasteiger partial charge in [-0.25, -0.2) is 17.8 Å². The van der Waals surface area contributed by atoms with Crippen LogP contribution in [0.4, 0.5) is 9.52 Å². The summed E-state index contributed by atoms with van der Waals surface area (Å²) in [5.74, 6) is -0.437. The zero-order chi connectivity index (χ0) is 15.8. The van der Waals surface area contributed by atoms with E-state index in [-0.39, 0.29) is 9.34 Å². The predicted octanol–water partition coefficient (Wildman–Crippen LogP) is 2.55. The molecule has 0 saturated carbocycles. The summed E-state index contributed by atoms with van der Waals surface area (Å²) >= 11 is 0.910. The quantitative estimate of drug-likeness (QED) is 0.935. The lowest BCUT2D eigenvalue weighted by Crippen LogP contribution is -2.30. The number of thiazole rings is 1. The number of rotatable bonds is 4. The van der Waals surface area contributed by atoms with Crippen molar-refractivity contribution in [1.82, 2.24) is 9.29 Å². The van der Waals surface area contributed by atoms with E-state index in [9.17, 15) is 12.8 Å². The van der Waals surface area contributed by atoms with E-state index in [2.05, 4.69) is 4.98 Å². The van der Waals surface area contributed by atoms with Gasteiger partial charge in [0, 0.05) is 18.7 Å². The summed E-state index contributed by atoms with van der Waals surface area (Å²) in [6.45, 7) is 3.22. The third-order valence-electron chi connectivity index (χ3n) is 3.28. The van der Waals surface area contributed by atoms with Crippen molar-refractivity contribution < 1.29 is 12.8 Å². The molecule has 1 aromatic heterocycles. The molecule has 0 aliphatic rings. The minimum Gasteiger partial charge on any atom is -0.375 e. The maximum atomic E-state index is 13.8. The van der Waals surface area contributed by atoms with Gasteiger partial charge in [-0.3, -0.25) is 0 Å². The molecule has 1 unspecified atom stereocenters. The Labute approximate surface area is 127 Å². The van der Waals surface area contributed by atoms with Gasteiger partial charge in [0.2, 0.25) is 0 Å². The number of nitrogens with two attached hydrogens (primary N) is 1. The third kappa shape index (κ3) is 2.92. The standard InChI is InChI=1S/C13H16FN3O2S2/c1-8-12(20-13(15)16-8)21(18,19)17(3)9(2)10-6-4-5-7-11(10)14/h4-7,9H,1-3H3,(H2,15,16).